The number of hydrogen-bond donors (Lipinski definition) is 2. The second kappa shape index (κ2) is 7.83. The Morgan fingerprint density at radius 2 is 1.96 bits per heavy atom. The maximum absolute atomic E-state index is 9.56. The largest absolute Gasteiger partial charge is 0.396 e. The van der Waals surface area contributed by atoms with E-state index in [-0.39, 0.29) is 12.6 Å². The van der Waals surface area contributed by atoms with E-state index in [0.717, 1.165) is 23.5 Å². The van der Waals surface area contributed by atoms with Gasteiger partial charge >= 0.3 is 0 Å². The van der Waals surface area contributed by atoms with Gasteiger partial charge in [-0.3, -0.25) is 0 Å². The highest BCUT2D eigenvalue weighted by molar-refractivity contribution is 5.65. The normalized spacial score (nSPS) is 16.7. The van der Waals surface area contributed by atoms with Crippen LogP contribution in [0.5, 0.6) is 0 Å². The van der Waals surface area contributed by atoms with Gasteiger partial charge in [-0.1, -0.05) is 49.6 Å². The molecule has 136 valence electrons. The minimum atomic E-state index is 0.186. The number of rotatable bonds is 6. The zero-order chi connectivity index (χ0) is 17.8. The molecule has 1 atom stereocenters. The van der Waals surface area contributed by atoms with Crippen molar-refractivity contribution in [2.75, 3.05) is 11.9 Å². The van der Waals surface area contributed by atoms with E-state index in [4.69, 9.17) is 0 Å². The van der Waals surface area contributed by atoms with Crippen LogP contribution in [-0.4, -0.2) is 37.3 Å². The summed E-state index contributed by atoms with van der Waals surface area (Å²) < 4.78 is 1.75. The molecule has 3 aromatic rings. The zero-order valence-corrected chi connectivity index (χ0v) is 14.9. The summed E-state index contributed by atoms with van der Waals surface area (Å²) in [4.78, 5) is 8.91. The average Bonchev–Trinajstić information content (AvgIpc) is 3.18. The Balaban J connectivity index is 1.68. The highest BCUT2D eigenvalue weighted by Crippen LogP contribution is 2.30. The van der Waals surface area contributed by atoms with Crippen LogP contribution in [0.2, 0.25) is 0 Å². The predicted octanol–water partition coefficient (Wildman–Crippen LogP) is 3.53. The van der Waals surface area contributed by atoms with E-state index in [1.54, 1.807) is 4.52 Å². The van der Waals surface area contributed by atoms with Crippen molar-refractivity contribution < 1.29 is 5.11 Å². The molecular formula is C20H25N5O. The molecule has 6 nitrogen and oxygen atoms in total. The fraction of sp³-hybridized carbons (Fsp3) is 0.450. The highest BCUT2D eigenvalue weighted by Gasteiger charge is 2.24. The number of fused-ring (bicyclic) bond motifs is 1. The summed E-state index contributed by atoms with van der Waals surface area (Å²) in [6.45, 7) is 0.186. The number of nitrogens with one attached hydrogen (secondary N) is 1. The average molecular weight is 351 g/mol. The van der Waals surface area contributed by atoms with Gasteiger partial charge in [-0.05, 0) is 25.2 Å². The van der Waals surface area contributed by atoms with E-state index in [1.807, 2.05) is 36.4 Å². The zero-order valence-electron chi connectivity index (χ0n) is 14.9. The first-order valence-corrected chi connectivity index (χ1v) is 9.49. The summed E-state index contributed by atoms with van der Waals surface area (Å²) in [6.07, 6.45) is 8.58. The van der Waals surface area contributed by atoms with Gasteiger partial charge in [-0.15, -0.1) is 0 Å². The maximum Gasteiger partial charge on any atom is 0.254 e. The third kappa shape index (κ3) is 3.55. The van der Waals surface area contributed by atoms with Gasteiger partial charge in [-0.2, -0.15) is 14.6 Å². The molecule has 1 aromatic carbocycles. The molecule has 0 bridgehead atoms. The molecule has 0 aliphatic heterocycles. The van der Waals surface area contributed by atoms with Crippen LogP contribution < -0.4 is 5.32 Å². The van der Waals surface area contributed by atoms with Gasteiger partial charge in [0.05, 0.1) is 5.69 Å². The third-order valence-electron chi connectivity index (χ3n) is 5.31. The molecule has 1 aliphatic carbocycles. The van der Waals surface area contributed by atoms with Crippen molar-refractivity contribution in [2.24, 2.45) is 5.92 Å². The molecule has 1 unspecified atom stereocenters. The molecule has 0 amide bonds. The number of aliphatic hydroxyl groups is 1. The SMILES string of the molecule is OCCC(Nc1cc(-c2ccccc2)nc2ncnn12)C1CCCCC1. The van der Waals surface area contributed by atoms with Crippen molar-refractivity contribution in [3.05, 3.63) is 42.7 Å². The summed E-state index contributed by atoms with van der Waals surface area (Å²) in [5, 5.41) is 17.5. The molecular weight excluding hydrogens is 326 g/mol. The first-order chi connectivity index (χ1) is 12.8. The topological polar surface area (TPSA) is 75.3 Å². The summed E-state index contributed by atoms with van der Waals surface area (Å²) in [6, 6.07) is 12.4. The van der Waals surface area contributed by atoms with Crippen LogP contribution in [0.1, 0.15) is 38.5 Å². The lowest BCUT2D eigenvalue weighted by Crippen LogP contribution is -2.32. The molecule has 2 aromatic heterocycles. The second-order valence-corrected chi connectivity index (χ2v) is 7.03. The first kappa shape index (κ1) is 17.0. The molecule has 1 aliphatic rings. The lowest BCUT2D eigenvalue weighted by Gasteiger charge is -2.31. The van der Waals surface area contributed by atoms with Crippen molar-refractivity contribution in [1.29, 1.82) is 0 Å². The summed E-state index contributed by atoms with van der Waals surface area (Å²) in [5.74, 6) is 2.05. The van der Waals surface area contributed by atoms with E-state index < -0.39 is 0 Å². The second-order valence-electron chi connectivity index (χ2n) is 7.03. The quantitative estimate of drug-likeness (QED) is 0.710. The van der Waals surface area contributed by atoms with Crippen molar-refractivity contribution in [2.45, 2.75) is 44.6 Å². The highest BCUT2D eigenvalue weighted by atomic mass is 16.3. The van der Waals surface area contributed by atoms with Gasteiger partial charge in [0.25, 0.3) is 5.78 Å². The van der Waals surface area contributed by atoms with Crippen LogP contribution >= 0.6 is 0 Å². The number of nitrogens with zero attached hydrogens (tertiary/aromatic N) is 4. The Kier molecular flexibility index (Phi) is 5.11. The number of anilines is 1. The van der Waals surface area contributed by atoms with E-state index in [0.29, 0.717) is 11.7 Å². The predicted molar refractivity (Wildman–Crippen MR) is 102 cm³/mol. The van der Waals surface area contributed by atoms with Crippen molar-refractivity contribution >= 4 is 11.6 Å². The molecule has 0 spiro atoms. The monoisotopic (exact) mass is 351 g/mol. The van der Waals surface area contributed by atoms with Crippen molar-refractivity contribution in [1.82, 2.24) is 19.6 Å². The van der Waals surface area contributed by atoms with Gasteiger partial charge in [0.2, 0.25) is 0 Å². The van der Waals surface area contributed by atoms with Crippen molar-refractivity contribution in [3.63, 3.8) is 0 Å². The van der Waals surface area contributed by atoms with Crippen LogP contribution in [0.25, 0.3) is 17.0 Å². The number of benzene rings is 1. The van der Waals surface area contributed by atoms with Crippen LogP contribution in [-0.2, 0) is 0 Å². The minimum absolute atomic E-state index is 0.186. The lowest BCUT2D eigenvalue weighted by molar-refractivity contribution is 0.238. The van der Waals surface area contributed by atoms with Gasteiger partial charge < -0.3 is 10.4 Å². The standard InChI is InChI=1S/C20H25N5O/c26-12-11-17(15-7-3-1-4-8-15)23-19-13-18(16-9-5-2-6-10-16)24-20-21-14-22-25(19)20/h2,5-6,9-10,13-15,17,23,26H,1,3-4,7-8,11-12H2. The molecule has 0 radical (unpaired) electrons. The maximum atomic E-state index is 9.56. The molecule has 4 rings (SSSR count). The van der Waals surface area contributed by atoms with E-state index in [1.165, 1.54) is 38.4 Å². The summed E-state index contributed by atoms with van der Waals surface area (Å²) in [7, 11) is 0. The van der Waals surface area contributed by atoms with Gasteiger partial charge in [0, 0.05) is 24.3 Å². The Morgan fingerprint density at radius 1 is 1.15 bits per heavy atom. The van der Waals surface area contributed by atoms with Crippen molar-refractivity contribution in [3.8, 4) is 11.3 Å². The molecule has 2 heterocycles. The van der Waals surface area contributed by atoms with E-state index in [2.05, 4.69) is 20.4 Å². The summed E-state index contributed by atoms with van der Waals surface area (Å²) in [5.41, 5.74) is 1.93. The van der Waals surface area contributed by atoms with Crippen LogP contribution in [0.4, 0.5) is 5.82 Å². The summed E-state index contributed by atoms with van der Waals surface area (Å²) >= 11 is 0. The molecule has 26 heavy (non-hydrogen) atoms. The van der Waals surface area contributed by atoms with Gasteiger partial charge in [-0.25, -0.2) is 4.98 Å². The molecule has 1 saturated carbocycles. The van der Waals surface area contributed by atoms with Gasteiger partial charge in [0.1, 0.15) is 12.1 Å². The minimum Gasteiger partial charge on any atom is -0.396 e. The fourth-order valence-corrected chi connectivity index (χ4v) is 3.96. The van der Waals surface area contributed by atoms with Crippen LogP contribution in [0.15, 0.2) is 42.7 Å². The molecule has 2 N–H and O–H groups in total. The molecule has 6 heteroatoms. The molecule has 0 saturated heterocycles. The number of aromatic nitrogens is 4. The van der Waals surface area contributed by atoms with E-state index in [9.17, 15) is 5.11 Å². The Morgan fingerprint density at radius 3 is 2.73 bits per heavy atom. The number of hydrogen-bond acceptors (Lipinski definition) is 5. The fourth-order valence-electron chi connectivity index (χ4n) is 3.96. The van der Waals surface area contributed by atoms with Crippen LogP contribution in [0, 0.1) is 5.92 Å². The first-order valence-electron chi connectivity index (χ1n) is 9.49. The van der Waals surface area contributed by atoms with E-state index >= 15 is 0 Å². The Hall–Kier alpha value is -2.47. The smallest absolute Gasteiger partial charge is 0.254 e. The number of aliphatic hydroxyl groups excluding tert-OH is 1. The lowest BCUT2D eigenvalue weighted by atomic mass is 9.83. The van der Waals surface area contributed by atoms with Crippen LogP contribution in [0.3, 0.4) is 0 Å². The Bertz CT molecular complexity index is 842. The Labute approximate surface area is 153 Å². The van der Waals surface area contributed by atoms with Gasteiger partial charge in [0.15, 0.2) is 0 Å². The molecule has 1 fully saturated rings. The third-order valence-corrected chi connectivity index (χ3v) is 5.31.